The Morgan fingerprint density at radius 1 is 0.333 bits per heavy atom. The van der Waals surface area contributed by atoms with Crippen molar-refractivity contribution in [1.82, 2.24) is 0 Å². The van der Waals surface area contributed by atoms with Gasteiger partial charge in [0.05, 0.1) is 0 Å². The Morgan fingerprint density at radius 2 is 0.682 bits per heavy atom. The van der Waals surface area contributed by atoms with Crippen molar-refractivity contribution < 1.29 is 28.6 Å². The van der Waals surface area contributed by atoms with Crippen LogP contribution in [0.1, 0.15) is 220 Å². The number of carbonyl (C=O) groups is 3. The monoisotopic (exact) mass is 913 g/mol. The minimum atomic E-state index is -0.822. The molecule has 66 heavy (non-hydrogen) atoms. The van der Waals surface area contributed by atoms with Crippen LogP contribution in [-0.4, -0.2) is 37.2 Å². The van der Waals surface area contributed by atoms with Gasteiger partial charge in [0.25, 0.3) is 0 Å². The Kier molecular flexibility index (Phi) is 50.0. The van der Waals surface area contributed by atoms with E-state index in [1.165, 1.54) is 83.5 Å². The third-order valence-corrected chi connectivity index (χ3v) is 10.8. The van der Waals surface area contributed by atoms with Gasteiger partial charge < -0.3 is 14.2 Å². The van der Waals surface area contributed by atoms with Crippen molar-refractivity contribution in [2.45, 2.75) is 226 Å². The van der Waals surface area contributed by atoms with E-state index >= 15 is 0 Å². The molecule has 0 aromatic heterocycles. The third-order valence-electron chi connectivity index (χ3n) is 10.8. The number of carbonyl (C=O) groups excluding carboxylic acids is 3. The molecule has 0 amide bonds. The summed E-state index contributed by atoms with van der Waals surface area (Å²) in [6.45, 7) is 6.28. The highest BCUT2D eigenvalue weighted by molar-refractivity contribution is 5.71. The van der Waals surface area contributed by atoms with Gasteiger partial charge in [-0.1, -0.05) is 245 Å². The summed E-state index contributed by atoms with van der Waals surface area (Å²) in [5.41, 5.74) is 0. The summed E-state index contributed by atoms with van der Waals surface area (Å²) in [5, 5.41) is 0. The highest BCUT2D eigenvalue weighted by atomic mass is 16.6. The highest BCUT2D eigenvalue weighted by Gasteiger charge is 2.19. The Morgan fingerprint density at radius 3 is 1.15 bits per heavy atom. The molecule has 0 saturated carbocycles. The van der Waals surface area contributed by atoms with Gasteiger partial charge in [0.2, 0.25) is 0 Å². The number of allylic oxidation sites excluding steroid dienone is 20. The molecular formula is C60H96O6. The van der Waals surface area contributed by atoms with Gasteiger partial charge in [-0.15, -0.1) is 0 Å². The van der Waals surface area contributed by atoms with E-state index in [0.29, 0.717) is 19.3 Å². The summed E-state index contributed by atoms with van der Waals surface area (Å²) in [6.07, 6.45) is 73.4. The van der Waals surface area contributed by atoms with E-state index in [4.69, 9.17) is 14.2 Å². The zero-order chi connectivity index (χ0) is 47.9. The molecule has 0 aromatic carbocycles. The molecule has 0 aromatic rings. The second kappa shape index (κ2) is 53.4. The number of rotatable bonds is 46. The van der Waals surface area contributed by atoms with Crippen LogP contribution >= 0.6 is 0 Å². The average Bonchev–Trinajstić information content (AvgIpc) is 3.31. The van der Waals surface area contributed by atoms with Crippen LogP contribution in [0.3, 0.4) is 0 Å². The Balaban J connectivity index is 4.53. The minimum absolute atomic E-state index is 0.119. The van der Waals surface area contributed by atoms with E-state index in [1.54, 1.807) is 0 Å². The van der Waals surface area contributed by atoms with Gasteiger partial charge in [-0.05, 0) is 77.0 Å². The maximum Gasteiger partial charge on any atom is 0.306 e. The molecule has 0 bridgehead atoms. The number of ether oxygens (including phenoxy) is 3. The lowest BCUT2D eigenvalue weighted by atomic mass is 10.0. The van der Waals surface area contributed by atoms with Crippen molar-refractivity contribution in [2.24, 2.45) is 0 Å². The van der Waals surface area contributed by atoms with E-state index in [9.17, 15) is 14.4 Å². The maximum absolute atomic E-state index is 12.8. The van der Waals surface area contributed by atoms with Crippen LogP contribution in [0, 0.1) is 0 Å². The molecule has 0 saturated heterocycles. The molecule has 0 fully saturated rings. The Bertz CT molecular complexity index is 1420. The molecule has 0 aliphatic heterocycles. The fraction of sp³-hybridized carbons (Fsp3) is 0.617. The summed E-state index contributed by atoms with van der Waals surface area (Å²) < 4.78 is 16.7. The molecule has 0 N–H and O–H groups in total. The standard InChI is InChI=1S/C60H96O6/c1-4-7-10-13-16-19-22-25-27-29-30-31-33-35-38-41-44-47-50-53-59(62)65-56-57(55-64-58(61)52-49-46-43-40-37-34-24-21-18-15-12-9-6-3)66-60(63)54-51-48-45-42-39-36-32-28-26-23-20-17-14-11-8-5-2/h7,9-10,12,15-16,18-19,21,24-25,27,30-31,34-35,37-38,40,43,57H,4-6,8,11,13-14,17,20,22-23,26,28-29,32-33,36,39,41-42,44-56H2,1-3H3/b10-7-,12-9-,18-15-,19-16-,24-21-,27-25-,31-30-,37-34-,38-35-,43-40-. The summed E-state index contributed by atoms with van der Waals surface area (Å²) in [7, 11) is 0. The highest BCUT2D eigenvalue weighted by Crippen LogP contribution is 2.15. The zero-order valence-electron chi connectivity index (χ0n) is 42.4. The van der Waals surface area contributed by atoms with Gasteiger partial charge in [0.15, 0.2) is 6.10 Å². The lowest BCUT2D eigenvalue weighted by Crippen LogP contribution is -2.30. The lowest BCUT2D eigenvalue weighted by molar-refractivity contribution is -0.167. The maximum atomic E-state index is 12.8. The van der Waals surface area contributed by atoms with E-state index in [1.807, 2.05) is 54.7 Å². The lowest BCUT2D eigenvalue weighted by Gasteiger charge is -2.18. The molecule has 0 spiro atoms. The van der Waals surface area contributed by atoms with Gasteiger partial charge in [0.1, 0.15) is 13.2 Å². The quantitative estimate of drug-likeness (QED) is 0.0199. The van der Waals surface area contributed by atoms with Crippen LogP contribution in [0.25, 0.3) is 0 Å². The molecule has 1 atom stereocenters. The van der Waals surface area contributed by atoms with E-state index < -0.39 is 6.10 Å². The van der Waals surface area contributed by atoms with Gasteiger partial charge in [-0.25, -0.2) is 0 Å². The third kappa shape index (κ3) is 50.8. The number of unbranched alkanes of at least 4 members (excludes halogenated alkanes) is 19. The SMILES string of the molecule is CC\C=C/C=C\C=C/C=C\C=C/CCCC(=O)OCC(COC(=O)CCCCC/C=C\C/C=C\C/C=C\C/C=C\C/C=C\CC)OC(=O)CCCCCCCCCCCCCCCCCC. The molecule has 0 rings (SSSR count). The second-order valence-electron chi connectivity index (χ2n) is 17.2. The van der Waals surface area contributed by atoms with Crippen LogP contribution in [-0.2, 0) is 28.6 Å². The normalized spacial score (nSPS) is 13.1. The fourth-order valence-corrected chi connectivity index (χ4v) is 6.91. The molecule has 0 aliphatic rings. The number of hydrogen-bond donors (Lipinski definition) is 0. The molecule has 0 radical (unpaired) electrons. The van der Waals surface area contributed by atoms with Gasteiger partial charge >= 0.3 is 17.9 Å². The van der Waals surface area contributed by atoms with Crippen molar-refractivity contribution in [3.63, 3.8) is 0 Å². The first kappa shape index (κ1) is 61.8. The number of esters is 3. The fourth-order valence-electron chi connectivity index (χ4n) is 6.91. The van der Waals surface area contributed by atoms with Crippen molar-refractivity contribution >= 4 is 17.9 Å². The topological polar surface area (TPSA) is 78.9 Å². The first-order valence-electron chi connectivity index (χ1n) is 26.6. The summed E-state index contributed by atoms with van der Waals surface area (Å²) in [4.78, 5) is 38.0. The molecule has 0 heterocycles. The molecule has 0 aliphatic carbocycles. The average molecular weight is 913 g/mol. The van der Waals surface area contributed by atoms with Crippen LogP contribution in [0.2, 0.25) is 0 Å². The Hall–Kier alpha value is -4.19. The first-order valence-corrected chi connectivity index (χ1v) is 26.6. The van der Waals surface area contributed by atoms with Crippen molar-refractivity contribution in [3.8, 4) is 0 Å². The van der Waals surface area contributed by atoms with E-state index in [0.717, 1.165) is 89.9 Å². The van der Waals surface area contributed by atoms with Gasteiger partial charge in [0, 0.05) is 19.3 Å². The predicted molar refractivity (Wildman–Crippen MR) is 283 cm³/mol. The van der Waals surface area contributed by atoms with E-state index in [2.05, 4.69) is 87.6 Å². The molecular weight excluding hydrogens is 817 g/mol. The van der Waals surface area contributed by atoms with Crippen LogP contribution in [0.4, 0.5) is 0 Å². The van der Waals surface area contributed by atoms with Crippen LogP contribution in [0.5, 0.6) is 0 Å². The van der Waals surface area contributed by atoms with Crippen LogP contribution < -0.4 is 0 Å². The summed E-state index contributed by atoms with van der Waals surface area (Å²) >= 11 is 0. The second-order valence-corrected chi connectivity index (χ2v) is 17.2. The molecule has 6 nitrogen and oxygen atoms in total. The molecule has 1 unspecified atom stereocenters. The van der Waals surface area contributed by atoms with Crippen molar-refractivity contribution in [1.29, 1.82) is 0 Å². The number of hydrogen-bond acceptors (Lipinski definition) is 6. The van der Waals surface area contributed by atoms with Gasteiger partial charge in [-0.2, -0.15) is 0 Å². The molecule has 372 valence electrons. The Labute approximate surface area is 405 Å². The first-order chi connectivity index (χ1) is 32.5. The minimum Gasteiger partial charge on any atom is -0.462 e. The predicted octanol–water partition coefficient (Wildman–Crippen LogP) is 17.7. The largest absolute Gasteiger partial charge is 0.462 e. The molecule has 6 heteroatoms. The van der Waals surface area contributed by atoms with E-state index in [-0.39, 0.29) is 37.5 Å². The van der Waals surface area contributed by atoms with Crippen LogP contribution in [0.15, 0.2) is 122 Å². The zero-order valence-corrected chi connectivity index (χ0v) is 42.4. The smallest absolute Gasteiger partial charge is 0.306 e. The van der Waals surface area contributed by atoms with Crippen molar-refractivity contribution in [3.05, 3.63) is 122 Å². The van der Waals surface area contributed by atoms with Crippen molar-refractivity contribution in [2.75, 3.05) is 13.2 Å². The summed E-state index contributed by atoms with van der Waals surface area (Å²) in [5.74, 6) is -1.03. The summed E-state index contributed by atoms with van der Waals surface area (Å²) in [6, 6.07) is 0. The van der Waals surface area contributed by atoms with Gasteiger partial charge in [-0.3, -0.25) is 14.4 Å².